The highest BCUT2D eigenvalue weighted by atomic mass is 35.5. The second-order valence-electron chi connectivity index (χ2n) is 6.18. The number of carbonyl (C=O) groups is 1. The van der Waals surface area contributed by atoms with Crippen LogP contribution in [0.2, 0.25) is 5.02 Å². The molecule has 9 heteroatoms. The van der Waals surface area contributed by atoms with E-state index in [0.29, 0.717) is 27.7 Å². The number of hydrogen-bond donors (Lipinski definition) is 2. The Morgan fingerprint density at radius 2 is 1.87 bits per heavy atom. The zero-order chi connectivity index (χ0) is 20.9. The van der Waals surface area contributed by atoms with Gasteiger partial charge in [-0.15, -0.1) is 11.8 Å². The van der Waals surface area contributed by atoms with Gasteiger partial charge in [0.15, 0.2) is 10.7 Å². The molecule has 0 bridgehead atoms. The number of pyridine rings is 1. The molecule has 0 aliphatic heterocycles. The summed E-state index contributed by atoms with van der Waals surface area (Å²) in [6.07, 6.45) is 3.37. The highest BCUT2D eigenvalue weighted by Gasteiger charge is 2.10. The minimum Gasteiger partial charge on any atom is -0.436 e. The van der Waals surface area contributed by atoms with E-state index in [1.54, 1.807) is 30.6 Å². The Hall–Kier alpha value is -2.94. The number of halogens is 1. The highest BCUT2D eigenvalue weighted by molar-refractivity contribution is 8.00. The van der Waals surface area contributed by atoms with Crippen molar-refractivity contribution in [2.45, 2.75) is 4.90 Å². The largest absolute Gasteiger partial charge is 0.436 e. The Morgan fingerprint density at radius 3 is 2.63 bits per heavy atom. The molecule has 4 rings (SSSR count). The van der Waals surface area contributed by atoms with E-state index in [0.717, 1.165) is 10.5 Å². The van der Waals surface area contributed by atoms with Gasteiger partial charge in [0.1, 0.15) is 5.52 Å². The zero-order valence-corrected chi connectivity index (χ0v) is 17.9. The minimum absolute atomic E-state index is 0.199. The number of oxazole rings is 1. The van der Waals surface area contributed by atoms with E-state index in [4.69, 9.17) is 28.2 Å². The molecule has 4 aromatic rings. The van der Waals surface area contributed by atoms with Gasteiger partial charge in [0.25, 0.3) is 0 Å². The van der Waals surface area contributed by atoms with Crippen molar-refractivity contribution in [1.29, 1.82) is 0 Å². The van der Waals surface area contributed by atoms with Gasteiger partial charge in [0, 0.05) is 33.6 Å². The summed E-state index contributed by atoms with van der Waals surface area (Å²) in [5.74, 6) is 0.552. The van der Waals surface area contributed by atoms with Gasteiger partial charge in [0.2, 0.25) is 11.8 Å². The Morgan fingerprint density at radius 1 is 1.10 bits per heavy atom. The molecule has 30 heavy (non-hydrogen) atoms. The van der Waals surface area contributed by atoms with Crippen molar-refractivity contribution < 1.29 is 9.21 Å². The SMILES string of the molecule is O=C(CSc1ccc(Cl)cc1)NC(=S)Nc1ccc2oc(-c3ccncc3)nc2c1. The van der Waals surface area contributed by atoms with Gasteiger partial charge in [-0.1, -0.05) is 11.6 Å². The maximum Gasteiger partial charge on any atom is 0.236 e. The molecule has 6 nitrogen and oxygen atoms in total. The van der Waals surface area contributed by atoms with Crippen LogP contribution < -0.4 is 10.6 Å². The van der Waals surface area contributed by atoms with Crippen molar-refractivity contribution in [3.63, 3.8) is 0 Å². The summed E-state index contributed by atoms with van der Waals surface area (Å²) in [4.78, 5) is 21.6. The predicted octanol–water partition coefficient (Wildman–Crippen LogP) is 5.15. The first-order chi connectivity index (χ1) is 14.6. The van der Waals surface area contributed by atoms with Crippen LogP contribution in [-0.4, -0.2) is 26.7 Å². The first-order valence-electron chi connectivity index (χ1n) is 8.87. The molecule has 2 N–H and O–H groups in total. The molecule has 0 radical (unpaired) electrons. The van der Waals surface area contributed by atoms with E-state index >= 15 is 0 Å². The topological polar surface area (TPSA) is 80.0 Å². The van der Waals surface area contributed by atoms with Gasteiger partial charge in [0.05, 0.1) is 5.75 Å². The number of thiocarbonyl (C=S) groups is 1. The molecular weight excluding hydrogens is 440 g/mol. The van der Waals surface area contributed by atoms with Gasteiger partial charge in [-0.3, -0.25) is 9.78 Å². The first-order valence-corrected chi connectivity index (χ1v) is 10.6. The highest BCUT2D eigenvalue weighted by Crippen LogP contribution is 2.26. The molecule has 2 aromatic carbocycles. The zero-order valence-electron chi connectivity index (χ0n) is 15.5. The number of anilines is 1. The Balaban J connectivity index is 1.35. The Labute approximate surface area is 187 Å². The molecule has 0 aliphatic rings. The normalized spacial score (nSPS) is 10.7. The van der Waals surface area contributed by atoms with Crippen LogP contribution in [-0.2, 0) is 4.79 Å². The van der Waals surface area contributed by atoms with Crippen molar-refractivity contribution in [3.05, 3.63) is 72.0 Å². The summed E-state index contributed by atoms with van der Waals surface area (Å²) in [7, 11) is 0. The summed E-state index contributed by atoms with van der Waals surface area (Å²) in [6.45, 7) is 0. The molecule has 0 unspecified atom stereocenters. The van der Waals surface area contributed by atoms with Gasteiger partial charge in [-0.05, 0) is 66.8 Å². The van der Waals surface area contributed by atoms with Crippen LogP contribution in [0.1, 0.15) is 0 Å². The Kier molecular flexibility index (Phi) is 6.27. The average molecular weight is 455 g/mol. The van der Waals surface area contributed by atoms with Crippen LogP contribution in [0.15, 0.2) is 76.3 Å². The lowest BCUT2D eigenvalue weighted by molar-refractivity contribution is -0.117. The third kappa shape index (κ3) is 5.15. The quantitative estimate of drug-likeness (QED) is 0.319. The number of fused-ring (bicyclic) bond motifs is 1. The Bertz CT molecular complexity index is 1200. The summed E-state index contributed by atoms with van der Waals surface area (Å²) < 4.78 is 5.78. The lowest BCUT2D eigenvalue weighted by Crippen LogP contribution is -2.35. The number of carbonyl (C=O) groups excluding carboxylic acids is 1. The fourth-order valence-corrected chi connectivity index (χ4v) is 3.68. The lowest BCUT2D eigenvalue weighted by Gasteiger charge is -2.09. The number of nitrogens with one attached hydrogen (secondary N) is 2. The monoisotopic (exact) mass is 454 g/mol. The molecule has 1 amide bonds. The van der Waals surface area contributed by atoms with Crippen LogP contribution in [0.3, 0.4) is 0 Å². The number of thioether (sulfide) groups is 1. The number of hydrogen-bond acceptors (Lipinski definition) is 6. The molecule has 0 aliphatic carbocycles. The van der Waals surface area contributed by atoms with Crippen molar-refractivity contribution in [3.8, 4) is 11.5 Å². The van der Waals surface area contributed by atoms with Crippen LogP contribution in [0.25, 0.3) is 22.6 Å². The van der Waals surface area contributed by atoms with Crippen LogP contribution in [0.4, 0.5) is 5.69 Å². The van der Waals surface area contributed by atoms with Gasteiger partial charge in [-0.25, -0.2) is 4.98 Å². The summed E-state index contributed by atoms with van der Waals surface area (Å²) >= 11 is 12.5. The van der Waals surface area contributed by atoms with Gasteiger partial charge < -0.3 is 15.1 Å². The molecule has 0 atom stereocenters. The van der Waals surface area contributed by atoms with Crippen molar-refractivity contribution in [2.75, 3.05) is 11.1 Å². The number of rotatable bonds is 5. The predicted molar refractivity (Wildman–Crippen MR) is 124 cm³/mol. The van der Waals surface area contributed by atoms with Crippen LogP contribution in [0.5, 0.6) is 0 Å². The smallest absolute Gasteiger partial charge is 0.236 e. The average Bonchev–Trinajstić information content (AvgIpc) is 3.17. The maximum absolute atomic E-state index is 12.1. The van der Waals surface area contributed by atoms with Gasteiger partial charge in [-0.2, -0.15) is 0 Å². The summed E-state index contributed by atoms with van der Waals surface area (Å²) in [5.41, 5.74) is 2.88. The standard InChI is InChI=1S/C21H15ClN4O2S2/c22-14-1-4-16(5-2-14)30-12-19(27)26-21(29)24-15-3-6-18-17(11-15)25-20(28-18)13-7-9-23-10-8-13/h1-11H,12H2,(H2,24,26,27,29). The lowest BCUT2D eigenvalue weighted by atomic mass is 10.3. The third-order valence-corrected chi connectivity index (χ3v) is 5.48. The van der Waals surface area contributed by atoms with E-state index in [1.165, 1.54) is 11.8 Å². The number of nitrogens with zero attached hydrogens (tertiary/aromatic N) is 2. The van der Waals surface area contributed by atoms with E-state index < -0.39 is 0 Å². The van der Waals surface area contributed by atoms with Crippen LogP contribution >= 0.6 is 35.6 Å². The third-order valence-electron chi connectivity index (χ3n) is 4.01. The first kappa shape index (κ1) is 20.3. The molecule has 0 saturated heterocycles. The molecular formula is C21H15ClN4O2S2. The fourth-order valence-electron chi connectivity index (χ4n) is 2.63. The second-order valence-corrected chi connectivity index (χ2v) is 8.08. The summed E-state index contributed by atoms with van der Waals surface area (Å²) in [5, 5.41) is 6.55. The molecule has 0 spiro atoms. The molecule has 2 aromatic heterocycles. The van der Waals surface area contributed by atoms with Gasteiger partial charge >= 0.3 is 0 Å². The van der Waals surface area contributed by atoms with Crippen molar-refractivity contribution >= 4 is 63.4 Å². The van der Waals surface area contributed by atoms with E-state index in [-0.39, 0.29) is 16.8 Å². The number of benzene rings is 2. The summed E-state index contributed by atoms with van der Waals surface area (Å²) in [6, 6.07) is 16.4. The van der Waals surface area contributed by atoms with E-state index in [1.807, 2.05) is 36.4 Å². The second kappa shape index (κ2) is 9.25. The number of aromatic nitrogens is 2. The maximum atomic E-state index is 12.1. The molecule has 0 fully saturated rings. The number of amides is 1. The molecule has 0 saturated carbocycles. The van der Waals surface area contributed by atoms with Crippen molar-refractivity contribution in [1.82, 2.24) is 15.3 Å². The molecule has 150 valence electrons. The van der Waals surface area contributed by atoms with E-state index in [2.05, 4.69) is 20.6 Å². The fraction of sp³-hybridized carbons (Fsp3) is 0.0476. The van der Waals surface area contributed by atoms with Crippen LogP contribution in [0, 0.1) is 0 Å². The molecule has 2 heterocycles. The van der Waals surface area contributed by atoms with E-state index in [9.17, 15) is 4.79 Å². The van der Waals surface area contributed by atoms with Crippen molar-refractivity contribution in [2.24, 2.45) is 0 Å². The minimum atomic E-state index is -0.199.